The minimum atomic E-state index is -4.96. The number of benzene rings is 1. The first-order valence-electron chi connectivity index (χ1n) is 10.7. The van der Waals surface area contributed by atoms with Crippen molar-refractivity contribution in [3.05, 3.63) is 52.1 Å². The van der Waals surface area contributed by atoms with Gasteiger partial charge in [-0.2, -0.15) is 18.2 Å². The number of ether oxygens (including phenoxy) is 2. The summed E-state index contributed by atoms with van der Waals surface area (Å²) >= 11 is 0. The number of carbonyl (C=O) groups excluding carboxylic acids is 1. The maximum absolute atomic E-state index is 12.3. The molecular formula is C21H22F3N4O8P. The van der Waals surface area contributed by atoms with Crippen molar-refractivity contribution < 1.29 is 46.3 Å². The van der Waals surface area contributed by atoms with E-state index in [2.05, 4.69) is 21.3 Å². The Morgan fingerprint density at radius 3 is 2.62 bits per heavy atom. The van der Waals surface area contributed by atoms with Gasteiger partial charge in [0.05, 0.1) is 24.8 Å². The van der Waals surface area contributed by atoms with Crippen LogP contribution in [-0.2, 0) is 18.6 Å². The van der Waals surface area contributed by atoms with Crippen molar-refractivity contribution in [1.82, 2.24) is 14.9 Å². The SMILES string of the molecule is Nc1nc(=O)n(C2CCC(COP(=O)(O)O)O2)cc1C#Cc1ccc(OCCNC(=O)C(F)(F)F)cc1. The molecule has 1 saturated heterocycles. The Hall–Kier alpha value is -3.41. The first-order chi connectivity index (χ1) is 17.3. The lowest BCUT2D eigenvalue weighted by Gasteiger charge is -2.16. The highest BCUT2D eigenvalue weighted by Gasteiger charge is 2.38. The number of phosphoric ester groups is 1. The van der Waals surface area contributed by atoms with Gasteiger partial charge < -0.3 is 30.3 Å². The normalized spacial score (nSPS) is 17.6. The molecule has 37 heavy (non-hydrogen) atoms. The summed E-state index contributed by atoms with van der Waals surface area (Å²) in [5.41, 5.74) is 5.90. The highest BCUT2D eigenvalue weighted by atomic mass is 31.2. The predicted molar refractivity (Wildman–Crippen MR) is 121 cm³/mol. The molecule has 1 amide bonds. The van der Waals surface area contributed by atoms with Crippen molar-refractivity contribution in [2.75, 3.05) is 25.5 Å². The van der Waals surface area contributed by atoms with Gasteiger partial charge in [-0.05, 0) is 37.1 Å². The number of amides is 1. The molecule has 1 aliphatic rings. The summed E-state index contributed by atoms with van der Waals surface area (Å²) in [7, 11) is -4.65. The van der Waals surface area contributed by atoms with E-state index in [1.54, 1.807) is 17.4 Å². The molecule has 3 rings (SSSR count). The first kappa shape index (κ1) is 28.2. The van der Waals surface area contributed by atoms with Crippen molar-refractivity contribution in [3.63, 3.8) is 0 Å². The molecule has 1 aliphatic heterocycles. The molecule has 2 heterocycles. The minimum Gasteiger partial charge on any atom is -0.492 e. The van der Waals surface area contributed by atoms with Crippen LogP contribution in [0.2, 0.25) is 0 Å². The Morgan fingerprint density at radius 1 is 1.27 bits per heavy atom. The number of hydrogen-bond donors (Lipinski definition) is 4. The quantitative estimate of drug-likeness (QED) is 0.213. The number of nitrogen functional groups attached to an aromatic ring is 1. The molecule has 200 valence electrons. The van der Waals surface area contributed by atoms with Crippen LogP contribution < -0.4 is 21.5 Å². The molecule has 0 spiro atoms. The Bertz CT molecular complexity index is 1280. The molecule has 16 heteroatoms. The second kappa shape index (κ2) is 11.8. The number of phosphoric acid groups is 1. The van der Waals surface area contributed by atoms with Crippen molar-refractivity contribution in [2.24, 2.45) is 0 Å². The van der Waals surface area contributed by atoms with Gasteiger partial charge in [-0.25, -0.2) is 9.36 Å². The largest absolute Gasteiger partial charge is 0.492 e. The number of nitrogens with one attached hydrogen (secondary N) is 1. The van der Waals surface area contributed by atoms with Crippen LogP contribution in [0, 0.1) is 11.8 Å². The molecule has 0 radical (unpaired) electrons. The van der Waals surface area contributed by atoms with Gasteiger partial charge in [-0.15, -0.1) is 0 Å². The molecule has 2 aromatic rings. The number of rotatable bonds is 8. The van der Waals surface area contributed by atoms with Crippen LogP contribution in [0.15, 0.2) is 35.3 Å². The van der Waals surface area contributed by atoms with Crippen LogP contribution in [0.1, 0.15) is 30.2 Å². The van der Waals surface area contributed by atoms with Gasteiger partial charge in [-0.1, -0.05) is 11.8 Å². The highest BCUT2D eigenvalue weighted by Crippen LogP contribution is 2.38. The second-order valence-corrected chi connectivity index (χ2v) is 8.92. The topological polar surface area (TPSA) is 175 Å². The second-order valence-electron chi connectivity index (χ2n) is 7.68. The molecule has 0 saturated carbocycles. The van der Waals surface area contributed by atoms with Crippen LogP contribution in [0.5, 0.6) is 5.75 Å². The summed E-state index contributed by atoms with van der Waals surface area (Å²) in [6.45, 7) is -0.845. The third-order valence-corrected chi connectivity index (χ3v) is 5.40. The molecule has 1 fully saturated rings. The Labute approximate surface area is 207 Å². The molecule has 2 atom stereocenters. The van der Waals surface area contributed by atoms with Gasteiger partial charge >= 0.3 is 25.6 Å². The van der Waals surface area contributed by atoms with Crippen LogP contribution in [0.3, 0.4) is 0 Å². The van der Waals surface area contributed by atoms with E-state index in [0.717, 1.165) is 0 Å². The smallest absolute Gasteiger partial charge is 0.471 e. The van der Waals surface area contributed by atoms with E-state index in [1.807, 2.05) is 0 Å². The van der Waals surface area contributed by atoms with Gasteiger partial charge in [0.25, 0.3) is 0 Å². The van der Waals surface area contributed by atoms with Crippen LogP contribution in [-0.4, -0.2) is 57.3 Å². The summed E-state index contributed by atoms with van der Waals surface area (Å²) < 4.78 is 63.8. The molecule has 1 aromatic carbocycles. The summed E-state index contributed by atoms with van der Waals surface area (Å²) in [5, 5.41) is 1.69. The van der Waals surface area contributed by atoms with Gasteiger partial charge in [0.2, 0.25) is 0 Å². The Kier molecular flexibility index (Phi) is 8.95. The summed E-state index contributed by atoms with van der Waals surface area (Å²) in [5.74, 6) is 3.84. The lowest BCUT2D eigenvalue weighted by Crippen LogP contribution is -2.38. The Balaban J connectivity index is 1.60. The minimum absolute atomic E-state index is 0.103. The lowest BCUT2D eigenvalue weighted by atomic mass is 10.2. The van der Waals surface area contributed by atoms with Gasteiger partial charge in [0.15, 0.2) is 0 Å². The van der Waals surface area contributed by atoms with E-state index in [0.29, 0.717) is 24.2 Å². The standard InChI is InChI=1S/C21H22F3N4O8P/c22-21(23,24)19(29)26-9-10-34-15-5-2-13(3-6-15)1-4-14-11-28(20(30)27-18(14)25)17-8-7-16(36-17)12-35-37(31,32)33/h2-3,5-6,11,16-17H,7-10,12H2,(H,26,29)(H2,25,27,30)(H2,31,32,33). The maximum atomic E-state index is 12.3. The van der Waals surface area contributed by atoms with Crippen LogP contribution >= 0.6 is 7.82 Å². The zero-order valence-electron chi connectivity index (χ0n) is 19.0. The fourth-order valence-corrected chi connectivity index (χ4v) is 3.55. The number of hydrogen-bond acceptors (Lipinski definition) is 8. The number of alkyl halides is 3. The van der Waals surface area contributed by atoms with Crippen molar-refractivity contribution in [2.45, 2.75) is 31.3 Å². The molecular weight excluding hydrogens is 524 g/mol. The monoisotopic (exact) mass is 546 g/mol. The molecule has 2 unspecified atom stereocenters. The van der Waals surface area contributed by atoms with E-state index in [1.165, 1.54) is 22.9 Å². The maximum Gasteiger partial charge on any atom is 0.471 e. The van der Waals surface area contributed by atoms with E-state index in [-0.39, 0.29) is 31.1 Å². The zero-order valence-corrected chi connectivity index (χ0v) is 19.9. The van der Waals surface area contributed by atoms with Gasteiger partial charge in [0.1, 0.15) is 24.4 Å². The lowest BCUT2D eigenvalue weighted by molar-refractivity contribution is -0.173. The third-order valence-electron chi connectivity index (χ3n) is 4.91. The van der Waals surface area contributed by atoms with Crippen molar-refractivity contribution >= 4 is 19.5 Å². The number of carbonyl (C=O) groups is 1. The van der Waals surface area contributed by atoms with E-state index in [9.17, 15) is 27.3 Å². The molecule has 0 bridgehead atoms. The number of aromatic nitrogens is 2. The molecule has 5 N–H and O–H groups in total. The fraction of sp³-hybridized carbons (Fsp3) is 0.381. The molecule has 1 aromatic heterocycles. The third kappa shape index (κ3) is 8.59. The molecule has 0 aliphatic carbocycles. The predicted octanol–water partition coefficient (Wildman–Crippen LogP) is 1.07. The van der Waals surface area contributed by atoms with E-state index in [4.69, 9.17) is 25.0 Å². The highest BCUT2D eigenvalue weighted by molar-refractivity contribution is 7.46. The van der Waals surface area contributed by atoms with Crippen molar-refractivity contribution in [1.29, 1.82) is 0 Å². The number of halogens is 3. The average molecular weight is 546 g/mol. The zero-order chi connectivity index (χ0) is 27.2. The van der Waals surface area contributed by atoms with Gasteiger partial charge in [0, 0.05) is 11.8 Å². The average Bonchev–Trinajstić information content (AvgIpc) is 3.28. The summed E-state index contributed by atoms with van der Waals surface area (Å²) in [6.07, 6.45) is -4.19. The summed E-state index contributed by atoms with van der Waals surface area (Å²) in [4.78, 5) is 44.4. The number of anilines is 1. The van der Waals surface area contributed by atoms with E-state index >= 15 is 0 Å². The van der Waals surface area contributed by atoms with Crippen molar-refractivity contribution in [3.8, 4) is 17.6 Å². The number of nitrogens with zero attached hydrogens (tertiary/aromatic N) is 2. The van der Waals surface area contributed by atoms with Crippen LogP contribution in [0.4, 0.5) is 19.0 Å². The first-order valence-corrected chi connectivity index (χ1v) is 12.2. The van der Waals surface area contributed by atoms with E-state index < -0.39 is 37.9 Å². The van der Waals surface area contributed by atoms with Crippen LogP contribution in [0.25, 0.3) is 0 Å². The Morgan fingerprint density at radius 2 is 1.97 bits per heavy atom. The van der Waals surface area contributed by atoms with Gasteiger partial charge in [-0.3, -0.25) is 13.9 Å². The number of nitrogens with two attached hydrogens (primary N) is 1. The fourth-order valence-electron chi connectivity index (χ4n) is 3.19. The molecule has 12 nitrogen and oxygen atoms in total. The summed E-state index contributed by atoms with van der Waals surface area (Å²) in [6, 6.07) is 6.23.